The van der Waals surface area contributed by atoms with E-state index in [-0.39, 0.29) is 16.1 Å². The maximum absolute atomic E-state index is 13.0. The van der Waals surface area contributed by atoms with Gasteiger partial charge in [-0.05, 0) is 60.3 Å². The molecule has 0 aliphatic carbocycles. The van der Waals surface area contributed by atoms with E-state index in [2.05, 4.69) is 4.72 Å². The minimum atomic E-state index is -3.94. The van der Waals surface area contributed by atoms with Crippen LogP contribution < -0.4 is 9.46 Å². The molecule has 6 nitrogen and oxygen atoms in total. The van der Waals surface area contributed by atoms with Crippen molar-refractivity contribution in [3.63, 3.8) is 0 Å². The van der Waals surface area contributed by atoms with E-state index in [9.17, 15) is 13.2 Å². The van der Waals surface area contributed by atoms with Gasteiger partial charge in [0.25, 0.3) is 10.0 Å². The van der Waals surface area contributed by atoms with Crippen LogP contribution in [-0.4, -0.2) is 28.6 Å². The first-order valence-corrected chi connectivity index (χ1v) is 10.7. The molecule has 1 N–H and O–H groups in total. The quantitative estimate of drug-likeness (QED) is 0.604. The fourth-order valence-electron chi connectivity index (χ4n) is 2.74. The summed E-state index contributed by atoms with van der Waals surface area (Å²) in [4.78, 5) is 13.2. The number of esters is 1. The summed E-state index contributed by atoms with van der Waals surface area (Å²) < 4.78 is 38.5. The molecular formula is C20H19NO5S2. The van der Waals surface area contributed by atoms with Gasteiger partial charge in [0.1, 0.15) is 5.75 Å². The molecule has 0 aliphatic rings. The molecule has 3 rings (SSSR count). The second kappa shape index (κ2) is 8.04. The highest BCUT2D eigenvalue weighted by Gasteiger charge is 2.23. The van der Waals surface area contributed by atoms with Crippen molar-refractivity contribution in [2.75, 3.05) is 18.9 Å². The van der Waals surface area contributed by atoms with Crippen molar-refractivity contribution < 1.29 is 22.7 Å². The molecule has 2 aromatic carbocycles. The highest BCUT2D eigenvalue weighted by molar-refractivity contribution is 7.92. The van der Waals surface area contributed by atoms with E-state index in [0.29, 0.717) is 11.3 Å². The van der Waals surface area contributed by atoms with Gasteiger partial charge in [-0.3, -0.25) is 4.72 Å². The number of carbonyl (C=O) groups excluding carboxylic acids is 1. The van der Waals surface area contributed by atoms with Crippen molar-refractivity contribution in [3.05, 3.63) is 65.0 Å². The number of carbonyl (C=O) groups is 1. The average Bonchev–Trinajstić information content (AvgIpc) is 3.23. The fourth-order valence-corrected chi connectivity index (χ4v) is 4.59. The number of rotatable bonds is 6. The van der Waals surface area contributed by atoms with E-state index in [0.717, 1.165) is 10.4 Å². The van der Waals surface area contributed by atoms with E-state index in [1.807, 2.05) is 30.5 Å². The van der Waals surface area contributed by atoms with Gasteiger partial charge >= 0.3 is 5.97 Å². The van der Waals surface area contributed by atoms with Crippen molar-refractivity contribution in [2.45, 2.75) is 11.8 Å². The molecule has 3 aromatic rings. The SMILES string of the molecule is COC(=O)c1cc(C)cc(-c2cccs2)c1NS(=O)(=O)c1ccc(OC)cc1. The highest BCUT2D eigenvalue weighted by Crippen LogP contribution is 2.37. The van der Waals surface area contributed by atoms with Crippen LogP contribution in [0, 0.1) is 6.92 Å². The summed E-state index contributed by atoms with van der Waals surface area (Å²) >= 11 is 1.45. The van der Waals surface area contributed by atoms with Crippen LogP contribution in [0.3, 0.4) is 0 Å². The van der Waals surface area contributed by atoms with Crippen LogP contribution >= 0.6 is 11.3 Å². The molecule has 1 aromatic heterocycles. The maximum atomic E-state index is 13.0. The summed E-state index contributed by atoms with van der Waals surface area (Å²) in [6.45, 7) is 1.84. The van der Waals surface area contributed by atoms with Crippen LogP contribution in [0.1, 0.15) is 15.9 Å². The first kappa shape index (κ1) is 19.9. The molecular weight excluding hydrogens is 398 g/mol. The summed E-state index contributed by atoms with van der Waals surface area (Å²) in [5, 5.41) is 1.89. The molecule has 0 radical (unpaired) electrons. The lowest BCUT2D eigenvalue weighted by Gasteiger charge is -2.17. The number of thiophene rings is 1. The molecule has 0 aliphatic heterocycles. The van der Waals surface area contributed by atoms with Crippen LogP contribution in [0.5, 0.6) is 5.75 Å². The Morgan fingerprint density at radius 1 is 1.07 bits per heavy atom. The van der Waals surface area contributed by atoms with Crippen LogP contribution in [-0.2, 0) is 14.8 Å². The van der Waals surface area contributed by atoms with Crippen molar-refractivity contribution in [1.29, 1.82) is 0 Å². The largest absolute Gasteiger partial charge is 0.497 e. The lowest BCUT2D eigenvalue weighted by Crippen LogP contribution is -2.17. The Balaban J connectivity index is 2.14. The van der Waals surface area contributed by atoms with Gasteiger partial charge in [-0.1, -0.05) is 6.07 Å². The summed E-state index contributed by atoms with van der Waals surface area (Å²) in [6.07, 6.45) is 0. The number of methoxy groups -OCH3 is 2. The van der Waals surface area contributed by atoms with Crippen LogP contribution in [0.15, 0.2) is 58.8 Å². The second-order valence-corrected chi connectivity index (χ2v) is 8.62. The fraction of sp³-hybridized carbons (Fsp3) is 0.150. The van der Waals surface area contributed by atoms with E-state index >= 15 is 0 Å². The number of sulfonamides is 1. The lowest BCUT2D eigenvalue weighted by atomic mass is 10.0. The molecule has 146 valence electrons. The minimum Gasteiger partial charge on any atom is -0.497 e. The Hall–Kier alpha value is -2.84. The van der Waals surface area contributed by atoms with Gasteiger partial charge in [0.15, 0.2) is 0 Å². The predicted octanol–water partition coefficient (Wildman–Crippen LogP) is 4.32. The normalized spacial score (nSPS) is 11.1. The van der Waals surface area contributed by atoms with Gasteiger partial charge in [-0.15, -0.1) is 11.3 Å². The van der Waals surface area contributed by atoms with E-state index in [4.69, 9.17) is 9.47 Å². The zero-order valence-electron chi connectivity index (χ0n) is 15.6. The summed E-state index contributed by atoms with van der Waals surface area (Å²) in [5.41, 5.74) is 1.78. The maximum Gasteiger partial charge on any atom is 0.340 e. The topological polar surface area (TPSA) is 81.7 Å². The molecule has 0 saturated carbocycles. The zero-order chi connectivity index (χ0) is 20.3. The molecule has 0 spiro atoms. The number of hydrogen-bond acceptors (Lipinski definition) is 6. The minimum absolute atomic E-state index is 0.0572. The van der Waals surface area contributed by atoms with Gasteiger partial charge in [0.2, 0.25) is 0 Å². The Morgan fingerprint density at radius 2 is 1.79 bits per heavy atom. The second-order valence-electron chi connectivity index (χ2n) is 5.98. The van der Waals surface area contributed by atoms with Crippen LogP contribution in [0.4, 0.5) is 5.69 Å². The third-order valence-corrected chi connectivity index (χ3v) is 6.35. The monoisotopic (exact) mass is 417 g/mol. The molecule has 0 fully saturated rings. The Bertz CT molecular complexity index is 1090. The lowest BCUT2D eigenvalue weighted by molar-refractivity contribution is 0.0602. The Labute approximate surface area is 167 Å². The van der Waals surface area contributed by atoms with E-state index < -0.39 is 16.0 Å². The molecule has 0 amide bonds. The van der Waals surface area contributed by atoms with Gasteiger partial charge in [-0.2, -0.15) is 0 Å². The first-order chi connectivity index (χ1) is 13.4. The van der Waals surface area contributed by atoms with E-state index in [1.165, 1.54) is 37.7 Å². The molecule has 0 bridgehead atoms. The number of nitrogens with one attached hydrogen (secondary N) is 1. The van der Waals surface area contributed by atoms with Gasteiger partial charge in [0.05, 0.1) is 30.4 Å². The third kappa shape index (κ3) is 4.02. The predicted molar refractivity (Wildman–Crippen MR) is 110 cm³/mol. The van der Waals surface area contributed by atoms with E-state index in [1.54, 1.807) is 18.2 Å². The number of hydrogen-bond donors (Lipinski definition) is 1. The molecule has 8 heteroatoms. The molecule has 0 atom stereocenters. The number of anilines is 1. The van der Waals surface area contributed by atoms with Crippen molar-refractivity contribution in [2.24, 2.45) is 0 Å². The zero-order valence-corrected chi connectivity index (χ0v) is 17.2. The average molecular weight is 418 g/mol. The standard InChI is InChI=1S/C20H19NO5S2/c1-13-11-16(18-5-4-10-27-18)19(17(12-13)20(22)26-3)21-28(23,24)15-8-6-14(25-2)7-9-15/h4-12,21H,1-3H3. The van der Waals surface area contributed by atoms with Crippen molar-refractivity contribution in [1.82, 2.24) is 0 Å². The molecule has 0 unspecified atom stereocenters. The highest BCUT2D eigenvalue weighted by atomic mass is 32.2. The molecule has 28 heavy (non-hydrogen) atoms. The van der Waals surface area contributed by atoms with Crippen molar-refractivity contribution >= 4 is 33.0 Å². The first-order valence-electron chi connectivity index (χ1n) is 8.29. The number of aryl methyl sites for hydroxylation is 1. The number of benzene rings is 2. The third-order valence-electron chi connectivity index (χ3n) is 4.08. The molecule has 1 heterocycles. The van der Waals surface area contributed by atoms with Crippen LogP contribution in [0.25, 0.3) is 10.4 Å². The molecule has 0 saturated heterocycles. The Morgan fingerprint density at radius 3 is 2.36 bits per heavy atom. The van der Waals surface area contributed by atoms with Gasteiger partial charge in [0, 0.05) is 10.4 Å². The summed E-state index contributed by atoms with van der Waals surface area (Å²) in [5.74, 6) is -0.0715. The van der Waals surface area contributed by atoms with Gasteiger partial charge < -0.3 is 9.47 Å². The Kier molecular flexibility index (Phi) is 5.71. The van der Waals surface area contributed by atoms with Crippen LogP contribution in [0.2, 0.25) is 0 Å². The smallest absolute Gasteiger partial charge is 0.340 e. The van der Waals surface area contributed by atoms with Gasteiger partial charge in [-0.25, -0.2) is 13.2 Å². The summed E-state index contributed by atoms with van der Waals surface area (Å²) in [7, 11) is -1.17. The summed E-state index contributed by atoms with van der Waals surface area (Å²) in [6, 6.07) is 13.2. The number of ether oxygens (including phenoxy) is 2. The van der Waals surface area contributed by atoms with Crippen molar-refractivity contribution in [3.8, 4) is 16.2 Å².